The van der Waals surface area contributed by atoms with Gasteiger partial charge in [-0.1, -0.05) is 0 Å². The molecule has 1 fully saturated rings. The Balaban J connectivity index is 0.00000169. The molecule has 5 nitrogen and oxygen atoms in total. The molecule has 14 heavy (non-hydrogen) atoms. The number of hydrogen-bond acceptors (Lipinski definition) is 4. The topological polar surface area (TPSA) is 70.6 Å². The molecule has 0 spiro atoms. The predicted octanol–water partition coefficient (Wildman–Crippen LogP) is -1.25. The molecule has 3 N–H and O–H groups in total. The first kappa shape index (κ1) is 13.6. The molecule has 0 saturated carbocycles. The van der Waals surface area contributed by atoms with Gasteiger partial charge in [0.2, 0.25) is 5.91 Å². The Kier molecular flexibility index (Phi) is 6.82. The molecule has 1 heterocycles. The van der Waals surface area contributed by atoms with Crippen LogP contribution in [0.2, 0.25) is 0 Å². The van der Waals surface area contributed by atoms with Crippen molar-refractivity contribution in [2.45, 2.75) is 6.04 Å². The van der Waals surface area contributed by atoms with Gasteiger partial charge in [0.1, 0.15) is 6.61 Å². The number of hydrogen-bond donors (Lipinski definition) is 3. The van der Waals surface area contributed by atoms with Gasteiger partial charge in [-0.3, -0.25) is 4.79 Å². The molecule has 1 saturated heterocycles. The molecule has 0 aromatic heterocycles. The van der Waals surface area contributed by atoms with Crippen LogP contribution in [0, 0.1) is 5.92 Å². The molecule has 1 aliphatic rings. The van der Waals surface area contributed by atoms with Gasteiger partial charge in [0.15, 0.2) is 0 Å². The summed E-state index contributed by atoms with van der Waals surface area (Å²) in [5.41, 5.74) is 0. The molecule has 6 heteroatoms. The second-order valence-electron chi connectivity index (χ2n) is 3.21. The maximum absolute atomic E-state index is 11.1. The van der Waals surface area contributed by atoms with E-state index in [0.717, 1.165) is 13.1 Å². The molecule has 1 rings (SSSR count). The van der Waals surface area contributed by atoms with Crippen molar-refractivity contribution in [3.63, 3.8) is 0 Å². The number of carbonyl (C=O) groups is 1. The number of aliphatic hydroxyl groups is 1. The maximum Gasteiger partial charge on any atom is 0.246 e. The molecule has 2 unspecified atom stereocenters. The highest BCUT2D eigenvalue weighted by Crippen LogP contribution is 2.07. The summed E-state index contributed by atoms with van der Waals surface area (Å²) in [6, 6.07) is 0.0349. The third kappa shape index (κ3) is 3.79. The highest BCUT2D eigenvalue weighted by Gasteiger charge is 2.27. The average Bonchev–Trinajstić information content (AvgIpc) is 2.52. The van der Waals surface area contributed by atoms with E-state index in [0.29, 0.717) is 0 Å². The van der Waals surface area contributed by atoms with Crippen molar-refractivity contribution in [1.82, 2.24) is 10.6 Å². The molecule has 0 aliphatic carbocycles. The van der Waals surface area contributed by atoms with Gasteiger partial charge >= 0.3 is 0 Å². The summed E-state index contributed by atoms with van der Waals surface area (Å²) in [6.07, 6.45) is 0. The minimum Gasteiger partial charge on any atom is -0.396 e. The number of nitrogens with one attached hydrogen (secondary N) is 2. The molecular weight excluding hydrogens is 208 g/mol. The third-order valence-electron chi connectivity index (χ3n) is 2.20. The summed E-state index contributed by atoms with van der Waals surface area (Å²) in [4.78, 5) is 11.1. The Morgan fingerprint density at radius 1 is 1.64 bits per heavy atom. The van der Waals surface area contributed by atoms with Crippen molar-refractivity contribution in [2.24, 2.45) is 5.92 Å². The van der Waals surface area contributed by atoms with Gasteiger partial charge in [-0.05, 0) is 0 Å². The Morgan fingerprint density at radius 3 is 2.93 bits per heavy atom. The second-order valence-corrected chi connectivity index (χ2v) is 3.21. The summed E-state index contributed by atoms with van der Waals surface area (Å²) in [6.45, 7) is 1.66. The van der Waals surface area contributed by atoms with E-state index >= 15 is 0 Å². The molecule has 0 aromatic carbocycles. The molecular formula is C8H17ClN2O3. The van der Waals surface area contributed by atoms with E-state index in [1.165, 1.54) is 7.11 Å². The van der Waals surface area contributed by atoms with Gasteiger partial charge < -0.3 is 20.5 Å². The van der Waals surface area contributed by atoms with Gasteiger partial charge in [-0.25, -0.2) is 0 Å². The zero-order valence-corrected chi connectivity index (χ0v) is 8.97. The highest BCUT2D eigenvalue weighted by molar-refractivity contribution is 5.85. The fourth-order valence-corrected chi connectivity index (χ4v) is 1.47. The van der Waals surface area contributed by atoms with Gasteiger partial charge in [0.05, 0.1) is 0 Å². The van der Waals surface area contributed by atoms with Crippen molar-refractivity contribution in [3.8, 4) is 0 Å². The fourth-order valence-electron chi connectivity index (χ4n) is 1.47. The van der Waals surface area contributed by atoms with Crippen LogP contribution in [-0.4, -0.2) is 50.5 Å². The van der Waals surface area contributed by atoms with E-state index in [4.69, 9.17) is 5.11 Å². The standard InChI is InChI=1S/C8H16N2O3.ClH/c1-13-5-8(12)10-7-3-9-2-6(7)4-11;/h6-7,9,11H,2-5H2,1H3,(H,10,12);1H. The Labute approximate surface area is 89.6 Å². The number of rotatable bonds is 4. The van der Waals surface area contributed by atoms with Gasteiger partial charge in [0, 0.05) is 38.8 Å². The van der Waals surface area contributed by atoms with Crippen LogP contribution < -0.4 is 10.6 Å². The van der Waals surface area contributed by atoms with E-state index in [-0.39, 0.29) is 43.5 Å². The molecule has 1 aliphatic heterocycles. The SMILES string of the molecule is COCC(=O)NC1CNCC1CO.Cl. The Bertz CT molecular complexity index is 180. The lowest BCUT2D eigenvalue weighted by atomic mass is 10.1. The zero-order valence-electron chi connectivity index (χ0n) is 8.16. The number of ether oxygens (including phenoxy) is 1. The van der Waals surface area contributed by atoms with Crippen molar-refractivity contribution in [1.29, 1.82) is 0 Å². The molecule has 0 bridgehead atoms. The van der Waals surface area contributed by atoms with Crippen LogP contribution in [0.15, 0.2) is 0 Å². The maximum atomic E-state index is 11.1. The van der Waals surface area contributed by atoms with Crippen LogP contribution >= 0.6 is 12.4 Å². The first-order valence-electron chi connectivity index (χ1n) is 4.37. The number of carbonyl (C=O) groups excluding carboxylic acids is 1. The molecule has 2 atom stereocenters. The number of halogens is 1. The lowest BCUT2D eigenvalue weighted by molar-refractivity contribution is -0.125. The lowest BCUT2D eigenvalue weighted by Crippen LogP contribution is -2.42. The van der Waals surface area contributed by atoms with E-state index in [1.807, 2.05) is 0 Å². The normalized spacial score (nSPS) is 25.6. The molecule has 0 aromatic rings. The van der Waals surface area contributed by atoms with E-state index in [9.17, 15) is 4.79 Å². The van der Waals surface area contributed by atoms with Crippen LogP contribution in [0.1, 0.15) is 0 Å². The number of amides is 1. The van der Waals surface area contributed by atoms with Crippen LogP contribution in [0.5, 0.6) is 0 Å². The molecule has 1 amide bonds. The third-order valence-corrected chi connectivity index (χ3v) is 2.20. The number of methoxy groups -OCH3 is 1. The molecule has 0 radical (unpaired) electrons. The Morgan fingerprint density at radius 2 is 2.36 bits per heavy atom. The van der Waals surface area contributed by atoms with Crippen LogP contribution in [-0.2, 0) is 9.53 Å². The Hall–Kier alpha value is -0.360. The van der Waals surface area contributed by atoms with Crippen molar-refractivity contribution < 1.29 is 14.6 Å². The monoisotopic (exact) mass is 224 g/mol. The van der Waals surface area contributed by atoms with Crippen molar-refractivity contribution in [2.75, 3.05) is 33.4 Å². The fraction of sp³-hybridized carbons (Fsp3) is 0.875. The van der Waals surface area contributed by atoms with Crippen LogP contribution in [0.4, 0.5) is 0 Å². The predicted molar refractivity (Wildman–Crippen MR) is 54.5 cm³/mol. The number of aliphatic hydroxyl groups excluding tert-OH is 1. The van der Waals surface area contributed by atoms with E-state index in [1.54, 1.807) is 0 Å². The van der Waals surface area contributed by atoms with Crippen molar-refractivity contribution >= 4 is 18.3 Å². The van der Waals surface area contributed by atoms with Gasteiger partial charge in [0.25, 0.3) is 0 Å². The quantitative estimate of drug-likeness (QED) is 0.558. The summed E-state index contributed by atoms with van der Waals surface area (Å²) in [5, 5.41) is 14.9. The van der Waals surface area contributed by atoms with Crippen LogP contribution in [0.25, 0.3) is 0 Å². The summed E-state index contributed by atoms with van der Waals surface area (Å²) >= 11 is 0. The first-order chi connectivity index (χ1) is 6.27. The van der Waals surface area contributed by atoms with Crippen LogP contribution in [0.3, 0.4) is 0 Å². The van der Waals surface area contributed by atoms with Crippen molar-refractivity contribution in [3.05, 3.63) is 0 Å². The van der Waals surface area contributed by atoms with Gasteiger partial charge in [-0.15, -0.1) is 12.4 Å². The minimum atomic E-state index is -0.130. The second kappa shape index (κ2) is 7.00. The average molecular weight is 225 g/mol. The highest BCUT2D eigenvalue weighted by atomic mass is 35.5. The smallest absolute Gasteiger partial charge is 0.246 e. The van der Waals surface area contributed by atoms with E-state index in [2.05, 4.69) is 15.4 Å². The zero-order chi connectivity index (χ0) is 9.68. The molecule has 84 valence electrons. The largest absolute Gasteiger partial charge is 0.396 e. The first-order valence-corrected chi connectivity index (χ1v) is 4.37. The summed E-state index contributed by atoms with van der Waals surface area (Å²) in [7, 11) is 1.48. The lowest BCUT2D eigenvalue weighted by Gasteiger charge is -2.17. The summed E-state index contributed by atoms with van der Waals surface area (Å²) in [5.74, 6) is -0.00421. The summed E-state index contributed by atoms with van der Waals surface area (Å²) < 4.78 is 4.69. The van der Waals surface area contributed by atoms with Gasteiger partial charge in [-0.2, -0.15) is 0 Å². The minimum absolute atomic E-state index is 0. The van der Waals surface area contributed by atoms with E-state index < -0.39 is 0 Å².